The summed E-state index contributed by atoms with van der Waals surface area (Å²) in [5.74, 6) is 0.124. The van der Waals surface area contributed by atoms with Crippen LogP contribution >= 0.6 is 0 Å². The number of carbonyl (C=O) groups excluding carboxylic acids is 1. The van der Waals surface area contributed by atoms with E-state index in [-0.39, 0.29) is 5.91 Å². The first kappa shape index (κ1) is 15.8. The predicted molar refractivity (Wildman–Crippen MR) is 96.0 cm³/mol. The minimum atomic E-state index is 0.124. The molecule has 0 spiro atoms. The standard InChI is InChI=1S/C20H21N3O2/c24-20(14-18-17-8-4-5-9-19(17)25-21-18)23-12-10-22(11-13-23)15-16-6-2-1-3-7-16/h1-9H,10-15H2. The molecule has 2 aromatic carbocycles. The molecular formula is C20H21N3O2. The summed E-state index contributed by atoms with van der Waals surface area (Å²) in [6.07, 6.45) is 0.301. The van der Waals surface area contributed by atoms with Crippen molar-refractivity contribution >= 4 is 16.9 Å². The van der Waals surface area contributed by atoms with Gasteiger partial charge in [-0.3, -0.25) is 9.69 Å². The molecule has 0 aliphatic carbocycles. The second-order valence-corrected chi connectivity index (χ2v) is 6.44. The van der Waals surface area contributed by atoms with E-state index in [9.17, 15) is 4.79 Å². The molecule has 1 aliphatic heterocycles. The minimum absolute atomic E-state index is 0.124. The summed E-state index contributed by atoms with van der Waals surface area (Å²) >= 11 is 0. The molecule has 5 heteroatoms. The monoisotopic (exact) mass is 335 g/mol. The summed E-state index contributed by atoms with van der Waals surface area (Å²) in [5, 5.41) is 5.00. The van der Waals surface area contributed by atoms with Crippen LogP contribution in [0.3, 0.4) is 0 Å². The van der Waals surface area contributed by atoms with Crippen molar-refractivity contribution in [2.75, 3.05) is 26.2 Å². The van der Waals surface area contributed by atoms with Crippen LogP contribution in [0.5, 0.6) is 0 Å². The van der Waals surface area contributed by atoms with Gasteiger partial charge in [-0.15, -0.1) is 0 Å². The van der Waals surface area contributed by atoms with Gasteiger partial charge in [-0.2, -0.15) is 0 Å². The fourth-order valence-corrected chi connectivity index (χ4v) is 3.32. The van der Waals surface area contributed by atoms with Gasteiger partial charge in [-0.05, 0) is 17.7 Å². The van der Waals surface area contributed by atoms with Crippen molar-refractivity contribution in [2.24, 2.45) is 0 Å². The van der Waals surface area contributed by atoms with E-state index >= 15 is 0 Å². The molecule has 1 fully saturated rings. The van der Waals surface area contributed by atoms with Gasteiger partial charge in [-0.25, -0.2) is 0 Å². The van der Waals surface area contributed by atoms with E-state index in [1.165, 1.54) is 5.56 Å². The molecule has 0 bridgehead atoms. The van der Waals surface area contributed by atoms with E-state index in [4.69, 9.17) is 4.52 Å². The van der Waals surface area contributed by atoms with Crippen LogP contribution in [0.1, 0.15) is 11.3 Å². The van der Waals surface area contributed by atoms with Crippen molar-refractivity contribution in [3.05, 3.63) is 65.9 Å². The number of nitrogens with zero attached hydrogens (tertiary/aromatic N) is 3. The molecule has 0 saturated carbocycles. The molecule has 0 N–H and O–H groups in total. The fraction of sp³-hybridized carbons (Fsp3) is 0.300. The Hall–Kier alpha value is -2.66. The third-order valence-electron chi connectivity index (χ3n) is 4.74. The van der Waals surface area contributed by atoms with E-state index in [0.717, 1.165) is 49.4 Å². The molecule has 0 unspecified atom stereocenters. The number of piperazine rings is 1. The number of amides is 1. The third kappa shape index (κ3) is 3.56. The first-order chi connectivity index (χ1) is 12.3. The fourth-order valence-electron chi connectivity index (χ4n) is 3.32. The predicted octanol–water partition coefficient (Wildman–Crippen LogP) is 2.71. The van der Waals surface area contributed by atoms with E-state index in [2.05, 4.69) is 34.3 Å². The summed E-state index contributed by atoms with van der Waals surface area (Å²) < 4.78 is 5.29. The van der Waals surface area contributed by atoms with E-state index < -0.39 is 0 Å². The van der Waals surface area contributed by atoms with Crippen LogP contribution in [0.25, 0.3) is 11.0 Å². The first-order valence-electron chi connectivity index (χ1n) is 8.67. The number of benzene rings is 2. The Morgan fingerprint density at radius 2 is 1.68 bits per heavy atom. The highest BCUT2D eigenvalue weighted by Crippen LogP contribution is 2.19. The lowest BCUT2D eigenvalue weighted by molar-refractivity contribution is -0.132. The van der Waals surface area contributed by atoms with Crippen LogP contribution in [0, 0.1) is 0 Å². The second kappa shape index (κ2) is 7.07. The lowest BCUT2D eigenvalue weighted by atomic mass is 10.1. The lowest BCUT2D eigenvalue weighted by Crippen LogP contribution is -2.48. The molecule has 1 amide bonds. The van der Waals surface area contributed by atoms with Gasteiger partial charge in [0.2, 0.25) is 5.91 Å². The van der Waals surface area contributed by atoms with Gasteiger partial charge in [0, 0.05) is 38.1 Å². The average Bonchev–Trinajstić information content (AvgIpc) is 3.06. The Morgan fingerprint density at radius 1 is 0.960 bits per heavy atom. The van der Waals surface area contributed by atoms with E-state index in [0.29, 0.717) is 6.42 Å². The molecule has 25 heavy (non-hydrogen) atoms. The number of hydrogen-bond acceptors (Lipinski definition) is 4. The lowest BCUT2D eigenvalue weighted by Gasteiger charge is -2.34. The van der Waals surface area contributed by atoms with Crippen LogP contribution in [0.15, 0.2) is 59.1 Å². The van der Waals surface area contributed by atoms with Crippen molar-refractivity contribution < 1.29 is 9.32 Å². The summed E-state index contributed by atoms with van der Waals surface area (Å²) in [6.45, 7) is 4.28. The van der Waals surface area contributed by atoms with Gasteiger partial charge in [0.1, 0.15) is 5.69 Å². The molecule has 3 aromatic rings. The number of para-hydroxylation sites is 1. The van der Waals surface area contributed by atoms with Gasteiger partial charge in [0.25, 0.3) is 0 Å². The summed E-state index contributed by atoms with van der Waals surface area (Å²) in [4.78, 5) is 16.9. The van der Waals surface area contributed by atoms with Crippen LogP contribution in [-0.2, 0) is 17.8 Å². The summed E-state index contributed by atoms with van der Waals surface area (Å²) in [5.41, 5.74) is 2.78. The Kier molecular flexibility index (Phi) is 4.48. The van der Waals surface area contributed by atoms with Crippen LogP contribution < -0.4 is 0 Å². The molecule has 1 aromatic heterocycles. The quantitative estimate of drug-likeness (QED) is 0.736. The van der Waals surface area contributed by atoms with Crippen LogP contribution in [0.2, 0.25) is 0 Å². The second-order valence-electron chi connectivity index (χ2n) is 6.44. The number of fused-ring (bicyclic) bond motifs is 1. The normalized spacial score (nSPS) is 15.6. The molecule has 1 aliphatic rings. The van der Waals surface area contributed by atoms with Gasteiger partial charge in [0.15, 0.2) is 5.58 Å². The topological polar surface area (TPSA) is 49.6 Å². The molecule has 0 radical (unpaired) electrons. The minimum Gasteiger partial charge on any atom is -0.356 e. The van der Waals surface area contributed by atoms with E-state index in [1.807, 2.05) is 35.2 Å². The summed E-state index contributed by atoms with van der Waals surface area (Å²) in [6, 6.07) is 18.1. The molecule has 128 valence electrons. The highest BCUT2D eigenvalue weighted by atomic mass is 16.5. The SMILES string of the molecule is O=C(Cc1noc2ccccc12)N1CCN(Cc2ccccc2)CC1. The Labute approximate surface area is 146 Å². The Bertz CT molecular complexity index is 852. The van der Waals surface area contributed by atoms with Crippen molar-refractivity contribution in [3.63, 3.8) is 0 Å². The van der Waals surface area contributed by atoms with Gasteiger partial charge in [0.05, 0.1) is 6.42 Å². The molecule has 5 nitrogen and oxygen atoms in total. The highest BCUT2D eigenvalue weighted by Gasteiger charge is 2.22. The molecule has 4 rings (SSSR count). The van der Waals surface area contributed by atoms with Gasteiger partial charge < -0.3 is 9.42 Å². The van der Waals surface area contributed by atoms with Crippen molar-refractivity contribution in [1.29, 1.82) is 0 Å². The maximum Gasteiger partial charge on any atom is 0.228 e. The smallest absolute Gasteiger partial charge is 0.228 e. The van der Waals surface area contributed by atoms with Crippen molar-refractivity contribution in [3.8, 4) is 0 Å². The van der Waals surface area contributed by atoms with Crippen LogP contribution in [0.4, 0.5) is 0 Å². The molecule has 0 atom stereocenters. The number of carbonyl (C=O) groups is 1. The highest BCUT2D eigenvalue weighted by molar-refractivity contribution is 5.86. The molecular weight excluding hydrogens is 314 g/mol. The van der Waals surface area contributed by atoms with E-state index in [1.54, 1.807) is 0 Å². The maximum absolute atomic E-state index is 12.6. The van der Waals surface area contributed by atoms with Gasteiger partial charge in [-0.1, -0.05) is 47.6 Å². The van der Waals surface area contributed by atoms with Gasteiger partial charge >= 0.3 is 0 Å². The molecule has 1 saturated heterocycles. The van der Waals surface area contributed by atoms with Crippen molar-refractivity contribution in [1.82, 2.24) is 15.0 Å². The zero-order valence-corrected chi connectivity index (χ0v) is 14.1. The zero-order valence-electron chi connectivity index (χ0n) is 14.1. The Morgan fingerprint density at radius 3 is 2.48 bits per heavy atom. The Balaban J connectivity index is 1.33. The maximum atomic E-state index is 12.6. The number of rotatable bonds is 4. The average molecular weight is 335 g/mol. The van der Waals surface area contributed by atoms with Crippen molar-refractivity contribution in [2.45, 2.75) is 13.0 Å². The van der Waals surface area contributed by atoms with Crippen LogP contribution in [-0.4, -0.2) is 47.0 Å². The largest absolute Gasteiger partial charge is 0.356 e. The number of aromatic nitrogens is 1. The zero-order chi connectivity index (χ0) is 17.1. The summed E-state index contributed by atoms with van der Waals surface area (Å²) in [7, 11) is 0. The number of hydrogen-bond donors (Lipinski definition) is 0. The third-order valence-corrected chi connectivity index (χ3v) is 4.74. The first-order valence-corrected chi connectivity index (χ1v) is 8.67. The molecule has 2 heterocycles.